The molecule has 4 heteroatoms. The number of phenols is 1. The van der Waals surface area contributed by atoms with Gasteiger partial charge in [0.05, 0.1) is 5.69 Å². The maximum absolute atomic E-state index is 13.8. The first-order valence-corrected chi connectivity index (χ1v) is 9.10. The molecule has 23 heavy (non-hydrogen) atoms. The van der Waals surface area contributed by atoms with Crippen molar-refractivity contribution in [2.45, 2.75) is 6.92 Å². The van der Waals surface area contributed by atoms with Crippen LogP contribution in [-0.2, 0) is 4.57 Å². The Morgan fingerprint density at radius 2 is 1.30 bits per heavy atom. The summed E-state index contributed by atoms with van der Waals surface area (Å²) < 4.78 is 13.8. The second-order valence-corrected chi connectivity index (χ2v) is 7.84. The fourth-order valence-corrected chi connectivity index (χ4v) is 4.73. The van der Waals surface area contributed by atoms with Crippen LogP contribution in [0.15, 0.2) is 78.9 Å². The van der Waals surface area contributed by atoms with Crippen molar-refractivity contribution in [2.75, 3.05) is 5.09 Å². The van der Waals surface area contributed by atoms with Crippen molar-refractivity contribution in [3.63, 3.8) is 0 Å². The highest BCUT2D eigenvalue weighted by Gasteiger charge is 2.28. The van der Waals surface area contributed by atoms with Crippen LogP contribution >= 0.6 is 7.29 Å². The van der Waals surface area contributed by atoms with Crippen LogP contribution in [0.2, 0.25) is 0 Å². The Kier molecular flexibility index (Phi) is 4.22. The molecule has 0 saturated carbocycles. The number of nitrogens with one attached hydrogen (secondary N) is 1. The number of hydrogen-bond donors (Lipinski definition) is 2. The van der Waals surface area contributed by atoms with Crippen molar-refractivity contribution < 1.29 is 9.67 Å². The Morgan fingerprint density at radius 1 is 0.783 bits per heavy atom. The zero-order valence-electron chi connectivity index (χ0n) is 12.8. The molecule has 116 valence electrons. The molecule has 3 nitrogen and oxygen atoms in total. The zero-order chi connectivity index (χ0) is 16.3. The van der Waals surface area contributed by atoms with Gasteiger partial charge in [-0.15, -0.1) is 0 Å². The minimum absolute atomic E-state index is 0.125. The lowest BCUT2D eigenvalue weighted by atomic mass is 10.2. The number of rotatable bonds is 4. The number of aromatic hydroxyl groups is 1. The summed E-state index contributed by atoms with van der Waals surface area (Å²) in [6, 6.07) is 24.0. The molecule has 2 N–H and O–H groups in total. The van der Waals surface area contributed by atoms with Gasteiger partial charge in [-0.05, 0) is 42.8 Å². The molecule has 0 saturated heterocycles. The molecule has 3 aromatic carbocycles. The summed E-state index contributed by atoms with van der Waals surface area (Å²) in [5.74, 6) is 0.125. The summed E-state index contributed by atoms with van der Waals surface area (Å²) in [5.41, 5.74) is 1.21. The highest BCUT2D eigenvalue weighted by molar-refractivity contribution is 7.80. The van der Waals surface area contributed by atoms with Gasteiger partial charge in [0.25, 0.3) is 0 Å². The summed E-state index contributed by atoms with van der Waals surface area (Å²) in [6.07, 6.45) is 0. The Hall–Kier alpha value is -2.51. The molecule has 0 aliphatic rings. The van der Waals surface area contributed by atoms with Gasteiger partial charge in [0.15, 0.2) is 0 Å². The molecule has 0 bridgehead atoms. The molecule has 0 atom stereocenters. The van der Waals surface area contributed by atoms with Gasteiger partial charge >= 0.3 is 0 Å². The first-order chi connectivity index (χ1) is 11.1. The molecule has 0 heterocycles. The monoisotopic (exact) mass is 323 g/mol. The van der Waals surface area contributed by atoms with Gasteiger partial charge < -0.3 is 10.2 Å². The van der Waals surface area contributed by atoms with Crippen molar-refractivity contribution in [1.29, 1.82) is 0 Å². The fourth-order valence-electron chi connectivity index (χ4n) is 2.47. The summed E-state index contributed by atoms with van der Waals surface area (Å²) in [6.45, 7) is 1.82. The van der Waals surface area contributed by atoms with E-state index >= 15 is 0 Å². The Balaban J connectivity index is 2.14. The largest absolute Gasteiger partial charge is 0.505 e. The van der Waals surface area contributed by atoms with Gasteiger partial charge in [-0.2, -0.15) is 0 Å². The van der Waals surface area contributed by atoms with Crippen LogP contribution in [0, 0.1) is 6.92 Å². The van der Waals surface area contributed by atoms with Crippen molar-refractivity contribution in [3.8, 4) is 5.75 Å². The molecular weight excluding hydrogens is 305 g/mol. The second-order valence-electron chi connectivity index (χ2n) is 5.36. The normalized spacial score (nSPS) is 11.2. The predicted octanol–water partition coefficient (Wildman–Crippen LogP) is 4.04. The van der Waals surface area contributed by atoms with Crippen molar-refractivity contribution in [3.05, 3.63) is 84.4 Å². The lowest BCUT2D eigenvalue weighted by Crippen LogP contribution is -2.21. The third kappa shape index (κ3) is 3.01. The van der Waals surface area contributed by atoms with E-state index in [1.54, 1.807) is 6.07 Å². The van der Waals surface area contributed by atoms with Crippen LogP contribution < -0.4 is 15.7 Å². The summed E-state index contributed by atoms with van der Waals surface area (Å²) in [4.78, 5) is 0. The average molecular weight is 323 g/mol. The summed E-state index contributed by atoms with van der Waals surface area (Å²) in [5, 5.41) is 14.8. The standard InChI is InChI=1S/C19H18NO2P/c1-15-9-8-14-18(19(15)21)20-23(22,16-10-4-2-5-11-16)17-12-6-3-7-13-17/h2-14,21H,1H3,(H,20,22). The first-order valence-electron chi connectivity index (χ1n) is 7.39. The summed E-state index contributed by atoms with van der Waals surface area (Å²) in [7, 11) is -3.10. The minimum atomic E-state index is -3.10. The Morgan fingerprint density at radius 3 is 1.83 bits per heavy atom. The number of anilines is 1. The predicted molar refractivity (Wildman–Crippen MR) is 96.2 cm³/mol. The van der Waals surface area contributed by atoms with Crippen LogP contribution in [0.1, 0.15) is 5.56 Å². The van der Waals surface area contributed by atoms with Gasteiger partial charge in [0.1, 0.15) is 5.75 Å². The molecule has 3 aromatic rings. The summed E-state index contributed by atoms with van der Waals surface area (Å²) >= 11 is 0. The maximum Gasteiger partial charge on any atom is 0.227 e. The highest BCUT2D eigenvalue weighted by Crippen LogP contribution is 2.45. The average Bonchev–Trinajstić information content (AvgIpc) is 2.60. The molecule has 0 unspecified atom stereocenters. The van der Waals surface area contributed by atoms with Gasteiger partial charge in [0, 0.05) is 10.6 Å². The molecule has 0 amide bonds. The molecule has 0 spiro atoms. The van der Waals surface area contributed by atoms with Crippen molar-refractivity contribution >= 4 is 23.6 Å². The van der Waals surface area contributed by atoms with E-state index in [9.17, 15) is 9.67 Å². The van der Waals surface area contributed by atoms with Gasteiger partial charge in [-0.1, -0.05) is 48.5 Å². The molecule has 3 rings (SSSR count). The molecule has 0 fully saturated rings. The number of phenolic OH excluding ortho intramolecular Hbond substituents is 1. The third-order valence-electron chi connectivity index (χ3n) is 3.76. The minimum Gasteiger partial charge on any atom is -0.505 e. The van der Waals surface area contributed by atoms with Crippen LogP contribution in [0.5, 0.6) is 5.75 Å². The maximum atomic E-state index is 13.8. The fraction of sp³-hybridized carbons (Fsp3) is 0.0526. The van der Waals surface area contributed by atoms with Crippen molar-refractivity contribution in [1.82, 2.24) is 0 Å². The topological polar surface area (TPSA) is 49.3 Å². The van der Waals surface area contributed by atoms with E-state index in [2.05, 4.69) is 5.09 Å². The molecule has 0 aliphatic carbocycles. The lowest BCUT2D eigenvalue weighted by molar-refractivity contribution is 0.473. The third-order valence-corrected chi connectivity index (χ3v) is 6.36. The second kappa shape index (κ2) is 6.31. The smallest absolute Gasteiger partial charge is 0.227 e. The van der Waals surface area contributed by atoms with E-state index in [-0.39, 0.29) is 5.75 Å². The van der Waals surface area contributed by atoms with Crippen LogP contribution in [0.3, 0.4) is 0 Å². The molecular formula is C19H18NO2P. The van der Waals surface area contributed by atoms with E-state index in [4.69, 9.17) is 0 Å². The van der Waals surface area contributed by atoms with Crippen LogP contribution in [-0.4, -0.2) is 5.11 Å². The lowest BCUT2D eigenvalue weighted by Gasteiger charge is -2.22. The molecule has 0 aliphatic heterocycles. The Bertz CT molecular complexity index is 804. The highest BCUT2D eigenvalue weighted by atomic mass is 31.2. The quantitative estimate of drug-likeness (QED) is 0.563. The van der Waals surface area contributed by atoms with E-state index in [1.165, 1.54) is 0 Å². The zero-order valence-corrected chi connectivity index (χ0v) is 13.7. The van der Waals surface area contributed by atoms with Crippen molar-refractivity contribution in [2.24, 2.45) is 0 Å². The van der Waals surface area contributed by atoms with Crippen LogP contribution in [0.4, 0.5) is 5.69 Å². The number of benzene rings is 3. The van der Waals surface area contributed by atoms with Gasteiger partial charge in [-0.3, -0.25) is 4.57 Å². The molecule has 0 radical (unpaired) electrons. The van der Waals surface area contributed by atoms with E-state index in [1.807, 2.05) is 79.7 Å². The van der Waals surface area contributed by atoms with Gasteiger partial charge in [-0.25, -0.2) is 0 Å². The number of aryl methyl sites for hydroxylation is 1. The SMILES string of the molecule is Cc1cccc(NP(=O)(c2ccccc2)c2ccccc2)c1O. The van der Waals surface area contributed by atoms with Gasteiger partial charge in [0.2, 0.25) is 7.29 Å². The van der Waals surface area contributed by atoms with E-state index in [0.717, 1.165) is 5.56 Å². The number of para-hydroxylation sites is 1. The number of hydrogen-bond acceptors (Lipinski definition) is 2. The first kappa shape index (κ1) is 15.4. The Labute approximate surface area is 136 Å². The molecule has 0 aromatic heterocycles. The van der Waals surface area contributed by atoms with E-state index in [0.29, 0.717) is 16.3 Å². The van der Waals surface area contributed by atoms with Crippen LogP contribution in [0.25, 0.3) is 0 Å². The van der Waals surface area contributed by atoms with E-state index < -0.39 is 7.29 Å².